The molecule has 0 spiro atoms. The Morgan fingerprint density at radius 3 is 2.46 bits per heavy atom. The van der Waals surface area contributed by atoms with Gasteiger partial charge in [0.05, 0.1) is 16.8 Å². The van der Waals surface area contributed by atoms with E-state index in [2.05, 4.69) is 10.2 Å². The van der Waals surface area contributed by atoms with E-state index in [1.807, 2.05) is 29.7 Å². The number of amides is 2. The van der Waals surface area contributed by atoms with Gasteiger partial charge >= 0.3 is 0 Å². The van der Waals surface area contributed by atoms with Crippen LogP contribution in [0.2, 0.25) is 5.02 Å². The van der Waals surface area contributed by atoms with Crippen LogP contribution in [0.15, 0.2) is 53.9 Å². The molecule has 0 radical (unpaired) electrons. The van der Waals surface area contributed by atoms with Gasteiger partial charge in [-0.1, -0.05) is 41.6 Å². The fourth-order valence-electron chi connectivity index (χ4n) is 3.06. The fraction of sp³-hybridized carbons (Fsp3) is 0.200. The van der Waals surface area contributed by atoms with Gasteiger partial charge in [0.2, 0.25) is 0 Å². The van der Waals surface area contributed by atoms with Gasteiger partial charge < -0.3 is 0 Å². The molecule has 0 fully saturated rings. The molecular formula is C20H17ClN4O2S. The molecule has 8 heteroatoms. The minimum Gasteiger partial charge on any atom is -0.277 e. The number of benzene rings is 2. The van der Waals surface area contributed by atoms with E-state index in [0.29, 0.717) is 34.9 Å². The van der Waals surface area contributed by atoms with Crippen molar-refractivity contribution in [1.29, 1.82) is 0 Å². The molecule has 1 aromatic heterocycles. The summed E-state index contributed by atoms with van der Waals surface area (Å²) in [5, 5.41) is 9.58. The van der Waals surface area contributed by atoms with E-state index in [0.717, 1.165) is 16.4 Å². The van der Waals surface area contributed by atoms with Crippen molar-refractivity contribution in [2.24, 2.45) is 0 Å². The monoisotopic (exact) mass is 412 g/mol. The zero-order chi connectivity index (χ0) is 19.7. The number of carbonyl (C=O) groups excluding carboxylic acids is 2. The molecule has 2 amide bonds. The summed E-state index contributed by atoms with van der Waals surface area (Å²) in [6.45, 7) is 2.33. The van der Waals surface area contributed by atoms with Gasteiger partial charge in [0.15, 0.2) is 5.16 Å². The average molecular weight is 413 g/mol. The minimum atomic E-state index is -0.219. The summed E-state index contributed by atoms with van der Waals surface area (Å²) in [4.78, 5) is 26.1. The van der Waals surface area contributed by atoms with Gasteiger partial charge in [0, 0.05) is 17.3 Å². The number of carbonyl (C=O) groups is 2. The lowest BCUT2D eigenvalue weighted by Gasteiger charge is -2.13. The van der Waals surface area contributed by atoms with Crippen LogP contribution in [0.25, 0.3) is 5.69 Å². The Bertz CT molecular complexity index is 1030. The van der Waals surface area contributed by atoms with Crippen molar-refractivity contribution in [2.75, 3.05) is 12.3 Å². The van der Waals surface area contributed by atoms with E-state index in [9.17, 15) is 9.59 Å². The van der Waals surface area contributed by atoms with Crippen LogP contribution in [0.1, 0.15) is 32.7 Å². The van der Waals surface area contributed by atoms with Crippen molar-refractivity contribution in [3.63, 3.8) is 0 Å². The standard InChI is InChI=1S/C20H17ClN4O2S/c1-13-7-8-14(11-17(13)21)25-12-22-23-20(25)28-10-4-9-24-18(26)15-5-2-3-6-16(15)19(24)27/h2-3,5-8,11-12H,4,9-10H2,1H3. The van der Waals surface area contributed by atoms with E-state index in [1.165, 1.54) is 16.7 Å². The van der Waals surface area contributed by atoms with Gasteiger partial charge in [-0.15, -0.1) is 10.2 Å². The number of imide groups is 1. The van der Waals surface area contributed by atoms with E-state index in [1.54, 1.807) is 30.6 Å². The molecule has 2 heterocycles. The molecule has 1 aliphatic heterocycles. The number of hydrogen-bond donors (Lipinski definition) is 0. The van der Waals surface area contributed by atoms with E-state index in [4.69, 9.17) is 11.6 Å². The highest BCUT2D eigenvalue weighted by Gasteiger charge is 2.34. The topological polar surface area (TPSA) is 68.1 Å². The number of nitrogens with zero attached hydrogens (tertiary/aromatic N) is 4. The highest BCUT2D eigenvalue weighted by molar-refractivity contribution is 7.99. The Kier molecular flexibility index (Phi) is 5.19. The van der Waals surface area contributed by atoms with Crippen LogP contribution in [-0.4, -0.2) is 43.8 Å². The first-order chi connectivity index (χ1) is 13.6. The summed E-state index contributed by atoms with van der Waals surface area (Å²) in [7, 11) is 0. The number of aryl methyl sites for hydroxylation is 1. The lowest BCUT2D eigenvalue weighted by Crippen LogP contribution is -2.31. The molecule has 3 aromatic rings. The first-order valence-corrected chi connectivity index (χ1v) is 10.2. The summed E-state index contributed by atoms with van der Waals surface area (Å²) in [5.74, 6) is 0.261. The SMILES string of the molecule is Cc1ccc(-n2cnnc2SCCCN2C(=O)c3ccccc3C2=O)cc1Cl. The molecule has 0 saturated heterocycles. The Hall–Kier alpha value is -2.64. The lowest BCUT2D eigenvalue weighted by atomic mass is 10.1. The Balaban J connectivity index is 1.37. The van der Waals surface area contributed by atoms with E-state index < -0.39 is 0 Å². The van der Waals surface area contributed by atoms with Crippen molar-refractivity contribution >= 4 is 35.2 Å². The quantitative estimate of drug-likeness (QED) is 0.347. The van der Waals surface area contributed by atoms with Crippen LogP contribution in [-0.2, 0) is 0 Å². The number of aromatic nitrogens is 3. The summed E-state index contributed by atoms with van der Waals surface area (Å²) < 4.78 is 1.87. The fourth-order valence-corrected chi connectivity index (χ4v) is 4.09. The molecule has 0 saturated carbocycles. The summed E-state index contributed by atoms with van der Waals surface area (Å²) in [5.41, 5.74) is 2.87. The van der Waals surface area contributed by atoms with Crippen molar-refractivity contribution in [1.82, 2.24) is 19.7 Å². The number of thioether (sulfide) groups is 1. The summed E-state index contributed by atoms with van der Waals surface area (Å²) >= 11 is 7.74. The van der Waals surface area contributed by atoms with Gasteiger partial charge in [-0.3, -0.25) is 19.1 Å². The predicted octanol–water partition coefficient (Wildman–Crippen LogP) is 4.01. The Morgan fingerprint density at radius 1 is 1.07 bits per heavy atom. The molecule has 142 valence electrons. The van der Waals surface area contributed by atoms with E-state index >= 15 is 0 Å². The number of fused-ring (bicyclic) bond motifs is 1. The summed E-state index contributed by atoms with van der Waals surface area (Å²) in [6.07, 6.45) is 2.31. The number of halogens is 1. The Labute approximate surface area is 171 Å². The third-order valence-electron chi connectivity index (χ3n) is 4.59. The van der Waals surface area contributed by atoms with Crippen LogP contribution in [0.3, 0.4) is 0 Å². The zero-order valence-electron chi connectivity index (χ0n) is 15.1. The molecule has 0 N–H and O–H groups in total. The molecule has 0 aliphatic carbocycles. The highest BCUT2D eigenvalue weighted by Crippen LogP contribution is 2.25. The molecule has 2 aromatic carbocycles. The normalized spacial score (nSPS) is 13.3. The van der Waals surface area contributed by atoms with Gasteiger partial charge in [-0.05, 0) is 43.2 Å². The third-order valence-corrected chi connectivity index (χ3v) is 6.02. The van der Waals surface area contributed by atoms with Crippen molar-refractivity contribution in [3.8, 4) is 5.69 Å². The van der Waals surface area contributed by atoms with Crippen LogP contribution in [0.4, 0.5) is 0 Å². The Morgan fingerprint density at radius 2 is 1.79 bits per heavy atom. The van der Waals surface area contributed by atoms with Crippen LogP contribution in [0, 0.1) is 6.92 Å². The molecule has 0 bridgehead atoms. The minimum absolute atomic E-state index is 0.219. The molecule has 0 unspecified atom stereocenters. The number of hydrogen-bond acceptors (Lipinski definition) is 5. The zero-order valence-corrected chi connectivity index (χ0v) is 16.7. The molecule has 28 heavy (non-hydrogen) atoms. The maximum absolute atomic E-state index is 12.4. The maximum atomic E-state index is 12.4. The van der Waals surface area contributed by atoms with E-state index in [-0.39, 0.29) is 11.8 Å². The molecule has 1 aliphatic rings. The first-order valence-electron chi connectivity index (χ1n) is 8.81. The van der Waals surface area contributed by atoms with Crippen LogP contribution >= 0.6 is 23.4 Å². The molecular weight excluding hydrogens is 396 g/mol. The largest absolute Gasteiger partial charge is 0.277 e. The predicted molar refractivity (Wildman–Crippen MR) is 108 cm³/mol. The van der Waals surface area contributed by atoms with Crippen molar-refractivity contribution < 1.29 is 9.59 Å². The van der Waals surface area contributed by atoms with Gasteiger partial charge in [-0.2, -0.15) is 0 Å². The summed E-state index contributed by atoms with van der Waals surface area (Å²) in [6, 6.07) is 12.7. The number of rotatable bonds is 6. The first kappa shape index (κ1) is 18.7. The van der Waals surface area contributed by atoms with Crippen LogP contribution < -0.4 is 0 Å². The second kappa shape index (κ2) is 7.77. The van der Waals surface area contributed by atoms with Gasteiger partial charge in [0.1, 0.15) is 6.33 Å². The smallest absolute Gasteiger partial charge is 0.261 e. The van der Waals surface area contributed by atoms with Crippen molar-refractivity contribution in [2.45, 2.75) is 18.5 Å². The van der Waals surface area contributed by atoms with Gasteiger partial charge in [-0.25, -0.2) is 0 Å². The molecule has 0 atom stereocenters. The van der Waals surface area contributed by atoms with Crippen LogP contribution in [0.5, 0.6) is 0 Å². The second-order valence-electron chi connectivity index (χ2n) is 6.43. The second-order valence-corrected chi connectivity index (χ2v) is 7.90. The lowest BCUT2D eigenvalue weighted by molar-refractivity contribution is 0.0655. The molecule has 6 nitrogen and oxygen atoms in total. The molecule has 4 rings (SSSR count). The maximum Gasteiger partial charge on any atom is 0.261 e. The van der Waals surface area contributed by atoms with Crippen molar-refractivity contribution in [3.05, 3.63) is 70.5 Å². The average Bonchev–Trinajstić information content (AvgIpc) is 3.26. The van der Waals surface area contributed by atoms with Gasteiger partial charge in [0.25, 0.3) is 11.8 Å². The third kappa shape index (κ3) is 3.43. The highest BCUT2D eigenvalue weighted by atomic mass is 35.5.